The van der Waals surface area contributed by atoms with Crippen LogP contribution < -0.4 is 5.32 Å². The summed E-state index contributed by atoms with van der Waals surface area (Å²) in [4.78, 5) is 7.26. The van der Waals surface area contributed by atoms with Crippen LogP contribution in [0.5, 0.6) is 0 Å². The van der Waals surface area contributed by atoms with Gasteiger partial charge in [-0.05, 0) is 44.4 Å². The highest BCUT2D eigenvalue weighted by atomic mass is 127. The molecule has 2 atom stereocenters. The van der Waals surface area contributed by atoms with Crippen molar-refractivity contribution in [3.8, 4) is 0 Å². The van der Waals surface area contributed by atoms with Gasteiger partial charge in [-0.3, -0.25) is 4.99 Å². The van der Waals surface area contributed by atoms with E-state index in [1.54, 1.807) is 0 Å². The zero-order valence-corrected chi connectivity index (χ0v) is 18.1. The van der Waals surface area contributed by atoms with Crippen molar-refractivity contribution >= 4 is 39.8 Å². The first-order valence-electron chi connectivity index (χ1n) is 9.12. The van der Waals surface area contributed by atoms with Crippen LogP contribution in [0.1, 0.15) is 45.4 Å². The number of aliphatic imine (C=N–C) groups is 1. The number of nitrogens with one attached hydrogen (secondary N) is 1. The maximum atomic E-state index is 11.6. The zero-order chi connectivity index (χ0) is 16.5. The predicted molar refractivity (Wildman–Crippen MR) is 110 cm³/mol. The van der Waals surface area contributed by atoms with Crippen LogP contribution in [0.3, 0.4) is 0 Å². The molecular formula is C17H32IN3O2S. The lowest BCUT2D eigenvalue weighted by molar-refractivity contribution is 0.299. The first kappa shape index (κ1) is 20.3. The molecule has 3 aliphatic rings. The van der Waals surface area contributed by atoms with Crippen molar-refractivity contribution in [1.29, 1.82) is 0 Å². The van der Waals surface area contributed by atoms with Crippen molar-refractivity contribution in [2.75, 3.05) is 38.2 Å². The molecule has 2 saturated carbocycles. The Morgan fingerprint density at radius 1 is 1.21 bits per heavy atom. The van der Waals surface area contributed by atoms with E-state index >= 15 is 0 Å². The summed E-state index contributed by atoms with van der Waals surface area (Å²) in [6.07, 6.45) is 8.80. The van der Waals surface area contributed by atoms with E-state index in [0.717, 1.165) is 50.3 Å². The van der Waals surface area contributed by atoms with Crippen LogP contribution in [0.15, 0.2) is 4.99 Å². The van der Waals surface area contributed by atoms with Gasteiger partial charge in [-0.15, -0.1) is 24.0 Å². The van der Waals surface area contributed by atoms with Crippen LogP contribution in [-0.4, -0.2) is 57.5 Å². The highest BCUT2D eigenvalue weighted by Crippen LogP contribution is 2.47. The second-order valence-corrected chi connectivity index (χ2v) is 10.1. The van der Waals surface area contributed by atoms with Crippen LogP contribution in [0.25, 0.3) is 0 Å². The highest BCUT2D eigenvalue weighted by molar-refractivity contribution is 14.0. The maximum absolute atomic E-state index is 11.6. The topological polar surface area (TPSA) is 61.8 Å². The van der Waals surface area contributed by atoms with E-state index in [9.17, 15) is 8.42 Å². The monoisotopic (exact) mass is 469 g/mol. The van der Waals surface area contributed by atoms with Crippen molar-refractivity contribution in [2.45, 2.75) is 45.4 Å². The number of rotatable bonds is 5. The summed E-state index contributed by atoms with van der Waals surface area (Å²) >= 11 is 0. The molecule has 2 unspecified atom stereocenters. The largest absolute Gasteiger partial charge is 0.357 e. The summed E-state index contributed by atoms with van der Waals surface area (Å²) in [7, 11) is -2.92. The van der Waals surface area contributed by atoms with E-state index in [4.69, 9.17) is 4.99 Å². The third-order valence-corrected chi connectivity index (χ3v) is 6.84. The van der Waals surface area contributed by atoms with E-state index in [1.165, 1.54) is 31.9 Å². The number of fused-ring (bicyclic) bond motifs is 1. The number of hydrogen-bond donors (Lipinski definition) is 1. The van der Waals surface area contributed by atoms with E-state index in [2.05, 4.69) is 17.1 Å². The Balaban J connectivity index is 0.00000208. The van der Waals surface area contributed by atoms with Gasteiger partial charge >= 0.3 is 0 Å². The molecular weight excluding hydrogens is 437 g/mol. The minimum Gasteiger partial charge on any atom is -0.357 e. The molecule has 0 aromatic heterocycles. The second-order valence-electron chi connectivity index (χ2n) is 7.95. The van der Waals surface area contributed by atoms with Gasteiger partial charge < -0.3 is 10.2 Å². The molecule has 7 heteroatoms. The number of halogens is 1. The molecule has 0 spiro atoms. The third-order valence-electron chi connectivity index (χ3n) is 5.70. The maximum Gasteiger partial charge on any atom is 0.193 e. The summed E-state index contributed by atoms with van der Waals surface area (Å²) in [5.41, 5.74) is -0.0826. The molecule has 3 fully saturated rings. The van der Waals surface area contributed by atoms with Gasteiger partial charge in [-0.1, -0.05) is 12.8 Å². The highest BCUT2D eigenvalue weighted by Gasteiger charge is 2.45. The lowest BCUT2D eigenvalue weighted by Crippen LogP contribution is -2.41. The third kappa shape index (κ3) is 5.22. The van der Waals surface area contributed by atoms with Crippen molar-refractivity contribution in [3.63, 3.8) is 0 Å². The van der Waals surface area contributed by atoms with Crippen molar-refractivity contribution < 1.29 is 8.42 Å². The lowest BCUT2D eigenvalue weighted by Gasteiger charge is -2.22. The number of nitrogens with zero attached hydrogens (tertiary/aromatic N) is 2. The smallest absolute Gasteiger partial charge is 0.193 e. The fourth-order valence-corrected chi connectivity index (χ4v) is 5.82. The SMILES string of the molecule is CCNC(=NCC1(CS(C)(=O)=O)CC1)N1CC2CCCCC2C1.I. The van der Waals surface area contributed by atoms with E-state index in [-0.39, 0.29) is 35.1 Å². The van der Waals surface area contributed by atoms with Crippen molar-refractivity contribution in [2.24, 2.45) is 22.2 Å². The Bertz CT molecular complexity index is 546. The first-order valence-corrected chi connectivity index (χ1v) is 11.2. The van der Waals surface area contributed by atoms with E-state index in [0.29, 0.717) is 6.54 Å². The Hall–Kier alpha value is -0.0500. The normalized spacial score (nSPS) is 28.9. The molecule has 0 aromatic carbocycles. The molecule has 1 N–H and O–H groups in total. The summed E-state index contributed by atoms with van der Waals surface area (Å²) in [6, 6.07) is 0. The molecule has 0 bridgehead atoms. The summed E-state index contributed by atoms with van der Waals surface area (Å²) < 4.78 is 23.2. The zero-order valence-electron chi connectivity index (χ0n) is 15.0. The predicted octanol–water partition coefficient (Wildman–Crippen LogP) is 2.52. The Morgan fingerprint density at radius 3 is 2.25 bits per heavy atom. The average molecular weight is 469 g/mol. The molecule has 1 heterocycles. The molecule has 5 nitrogen and oxygen atoms in total. The van der Waals surface area contributed by atoms with Gasteiger partial charge in [0.15, 0.2) is 5.96 Å². The van der Waals surface area contributed by atoms with Crippen LogP contribution >= 0.6 is 24.0 Å². The van der Waals surface area contributed by atoms with Crippen LogP contribution in [-0.2, 0) is 9.84 Å². The minimum atomic E-state index is -2.92. The summed E-state index contributed by atoms with van der Waals surface area (Å²) in [6.45, 7) is 5.85. The molecule has 2 aliphatic carbocycles. The van der Waals surface area contributed by atoms with Crippen LogP contribution in [0.2, 0.25) is 0 Å². The molecule has 0 aromatic rings. The molecule has 24 heavy (non-hydrogen) atoms. The Morgan fingerprint density at radius 2 is 1.79 bits per heavy atom. The average Bonchev–Trinajstić information content (AvgIpc) is 3.09. The van der Waals surface area contributed by atoms with E-state index < -0.39 is 9.84 Å². The van der Waals surface area contributed by atoms with Gasteiger partial charge in [0.1, 0.15) is 9.84 Å². The summed E-state index contributed by atoms with van der Waals surface area (Å²) in [5, 5.41) is 3.42. The molecule has 140 valence electrons. The molecule has 1 aliphatic heterocycles. The number of sulfone groups is 1. The van der Waals surface area contributed by atoms with E-state index in [1.807, 2.05) is 0 Å². The number of guanidine groups is 1. The minimum absolute atomic E-state index is 0. The fourth-order valence-electron chi connectivity index (χ4n) is 4.33. The molecule has 0 amide bonds. The Kier molecular flexibility index (Phi) is 6.84. The first-order chi connectivity index (χ1) is 10.9. The van der Waals surface area contributed by atoms with Gasteiger partial charge in [-0.2, -0.15) is 0 Å². The fraction of sp³-hybridized carbons (Fsp3) is 0.941. The number of hydrogen-bond acceptors (Lipinski definition) is 3. The lowest BCUT2D eigenvalue weighted by atomic mass is 9.82. The molecule has 0 radical (unpaired) electrons. The van der Waals surface area contributed by atoms with Gasteiger partial charge in [0, 0.05) is 37.8 Å². The van der Waals surface area contributed by atoms with Crippen LogP contribution in [0.4, 0.5) is 0 Å². The van der Waals surface area contributed by atoms with Gasteiger partial charge in [-0.25, -0.2) is 8.42 Å². The summed E-state index contributed by atoms with van der Waals surface area (Å²) in [5.74, 6) is 2.95. The van der Waals surface area contributed by atoms with Gasteiger partial charge in [0.2, 0.25) is 0 Å². The van der Waals surface area contributed by atoms with Crippen molar-refractivity contribution in [1.82, 2.24) is 10.2 Å². The number of likely N-dealkylation sites (tertiary alicyclic amines) is 1. The second kappa shape index (κ2) is 8.10. The molecule has 1 saturated heterocycles. The van der Waals surface area contributed by atoms with Crippen LogP contribution in [0, 0.1) is 17.3 Å². The quantitative estimate of drug-likeness (QED) is 0.382. The standard InChI is InChI=1S/C17H31N3O2S.HI/c1-3-18-16(19-12-17(8-9-17)13-23(2,21)22)20-10-14-6-4-5-7-15(14)11-20;/h14-15H,3-13H2,1-2H3,(H,18,19);1H. The van der Waals surface area contributed by atoms with Gasteiger partial charge in [0.25, 0.3) is 0 Å². The van der Waals surface area contributed by atoms with Crippen molar-refractivity contribution in [3.05, 3.63) is 0 Å². The van der Waals surface area contributed by atoms with Gasteiger partial charge in [0.05, 0.1) is 5.75 Å². The Labute approximate surface area is 164 Å². The molecule has 3 rings (SSSR count).